The van der Waals surface area contributed by atoms with Gasteiger partial charge in [-0.05, 0) is 40.8 Å². The second kappa shape index (κ2) is 5.61. The van der Waals surface area contributed by atoms with E-state index in [1.807, 2.05) is 30.3 Å². The highest BCUT2D eigenvalue weighted by molar-refractivity contribution is 5.39. The summed E-state index contributed by atoms with van der Waals surface area (Å²) in [7, 11) is 0. The zero-order valence-electron chi connectivity index (χ0n) is 12.0. The maximum Gasteiger partial charge on any atom is 0.247 e. The fraction of sp³-hybridized carbons (Fsp3) is 0.533. The first-order valence-electron chi connectivity index (χ1n) is 7.36. The van der Waals surface area contributed by atoms with Gasteiger partial charge in [-0.3, -0.25) is 0 Å². The minimum absolute atomic E-state index is 0.451. The Morgan fingerprint density at radius 1 is 1.15 bits per heavy atom. The molecule has 1 saturated carbocycles. The summed E-state index contributed by atoms with van der Waals surface area (Å²) in [4.78, 5) is 0. The first-order chi connectivity index (χ1) is 9.75. The molecule has 0 radical (unpaired) electrons. The molecule has 0 bridgehead atoms. The third-order valence-electron chi connectivity index (χ3n) is 4.49. The topological polar surface area (TPSA) is 55.6 Å². The highest BCUT2D eigenvalue weighted by Gasteiger charge is 2.28. The second-order valence-electron chi connectivity index (χ2n) is 5.77. The standard InChI is InChI=1S/C15H21N5/c1-11-7-6-10-14(12(11)2)16-15-17-18-19-20(15)13-8-4-3-5-9-13/h3-5,8-9,11-12,14H,6-7,10H2,1-2H3,(H,16,17,19)/t11-,12-,14+/m1/s1. The maximum atomic E-state index is 4.14. The van der Waals surface area contributed by atoms with Crippen molar-refractivity contribution in [2.24, 2.45) is 11.8 Å². The van der Waals surface area contributed by atoms with Crippen LogP contribution in [0.15, 0.2) is 30.3 Å². The van der Waals surface area contributed by atoms with E-state index < -0.39 is 0 Å². The van der Waals surface area contributed by atoms with Gasteiger partial charge in [-0.2, -0.15) is 4.68 Å². The Bertz CT molecular complexity index is 550. The number of para-hydroxylation sites is 1. The Kier molecular flexibility index (Phi) is 3.67. The molecule has 3 rings (SSSR count). The van der Waals surface area contributed by atoms with Gasteiger partial charge in [0.1, 0.15) is 0 Å². The summed E-state index contributed by atoms with van der Waals surface area (Å²) in [5.41, 5.74) is 0.983. The second-order valence-corrected chi connectivity index (χ2v) is 5.77. The Hall–Kier alpha value is -1.91. The Labute approximate surface area is 119 Å². The Balaban J connectivity index is 1.80. The lowest BCUT2D eigenvalue weighted by molar-refractivity contribution is 0.252. The average Bonchev–Trinajstić information content (AvgIpc) is 2.93. The molecule has 5 nitrogen and oxygen atoms in total. The van der Waals surface area contributed by atoms with Crippen molar-refractivity contribution in [3.05, 3.63) is 30.3 Å². The number of hydrogen-bond acceptors (Lipinski definition) is 4. The van der Waals surface area contributed by atoms with Crippen LogP contribution in [0.4, 0.5) is 5.95 Å². The molecular formula is C15H21N5. The monoisotopic (exact) mass is 271 g/mol. The predicted molar refractivity (Wildman–Crippen MR) is 78.7 cm³/mol. The van der Waals surface area contributed by atoms with Crippen LogP contribution in [0.3, 0.4) is 0 Å². The minimum Gasteiger partial charge on any atom is -0.350 e. The quantitative estimate of drug-likeness (QED) is 0.932. The first kappa shape index (κ1) is 13.1. The van der Waals surface area contributed by atoms with Crippen molar-refractivity contribution in [3.8, 4) is 5.69 Å². The van der Waals surface area contributed by atoms with Gasteiger partial charge in [0.05, 0.1) is 5.69 Å². The van der Waals surface area contributed by atoms with Crippen molar-refractivity contribution in [2.45, 2.75) is 39.2 Å². The van der Waals surface area contributed by atoms with Gasteiger partial charge in [0.15, 0.2) is 0 Å². The van der Waals surface area contributed by atoms with E-state index in [0.29, 0.717) is 12.0 Å². The van der Waals surface area contributed by atoms with Gasteiger partial charge in [-0.15, -0.1) is 0 Å². The van der Waals surface area contributed by atoms with E-state index in [1.54, 1.807) is 4.68 Å². The van der Waals surface area contributed by atoms with Crippen molar-refractivity contribution in [3.63, 3.8) is 0 Å². The van der Waals surface area contributed by atoms with Gasteiger partial charge in [-0.1, -0.05) is 50.0 Å². The lowest BCUT2D eigenvalue weighted by Gasteiger charge is -2.34. The molecule has 0 amide bonds. The van der Waals surface area contributed by atoms with E-state index in [2.05, 4.69) is 34.7 Å². The summed E-state index contributed by atoms with van der Waals surface area (Å²) in [5, 5.41) is 15.6. The summed E-state index contributed by atoms with van der Waals surface area (Å²) in [6, 6.07) is 10.4. The average molecular weight is 271 g/mol. The molecule has 1 aromatic heterocycles. The van der Waals surface area contributed by atoms with Crippen LogP contribution in [0, 0.1) is 11.8 Å². The van der Waals surface area contributed by atoms with E-state index >= 15 is 0 Å². The van der Waals surface area contributed by atoms with Crippen LogP contribution < -0.4 is 5.32 Å². The van der Waals surface area contributed by atoms with Crippen LogP contribution in [-0.4, -0.2) is 26.2 Å². The largest absolute Gasteiger partial charge is 0.350 e. The van der Waals surface area contributed by atoms with Crippen LogP contribution in [0.2, 0.25) is 0 Å². The van der Waals surface area contributed by atoms with Crippen molar-refractivity contribution >= 4 is 5.95 Å². The number of tetrazole rings is 1. The van der Waals surface area contributed by atoms with Crippen LogP contribution in [0.25, 0.3) is 5.69 Å². The zero-order valence-corrected chi connectivity index (χ0v) is 12.0. The Morgan fingerprint density at radius 2 is 1.95 bits per heavy atom. The number of benzene rings is 1. The maximum absolute atomic E-state index is 4.14. The lowest BCUT2D eigenvalue weighted by Crippen LogP contribution is -2.35. The molecule has 3 atom stereocenters. The van der Waals surface area contributed by atoms with E-state index in [1.165, 1.54) is 19.3 Å². The molecule has 106 valence electrons. The first-order valence-corrected chi connectivity index (χ1v) is 7.36. The van der Waals surface area contributed by atoms with E-state index in [0.717, 1.165) is 17.6 Å². The van der Waals surface area contributed by atoms with E-state index in [-0.39, 0.29) is 0 Å². The molecule has 1 aliphatic carbocycles. The highest BCUT2D eigenvalue weighted by Crippen LogP contribution is 2.31. The fourth-order valence-corrected chi connectivity index (χ4v) is 2.97. The number of aromatic nitrogens is 4. The predicted octanol–water partition coefficient (Wildman–Crippen LogP) is 2.90. The van der Waals surface area contributed by atoms with Gasteiger partial charge in [0, 0.05) is 6.04 Å². The van der Waals surface area contributed by atoms with Gasteiger partial charge in [0.25, 0.3) is 0 Å². The lowest BCUT2D eigenvalue weighted by atomic mass is 9.78. The molecule has 1 N–H and O–H groups in total. The number of nitrogens with one attached hydrogen (secondary N) is 1. The Morgan fingerprint density at radius 3 is 2.75 bits per heavy atom. The molecule has 0 aliphatic heterocycles. The number of nitrogens with zero attached hydrogens (tertiary/aromatic N) is 4. The van der Waals surface area contributed by atoms with Crippen molar-refractivity contribution in [1.29, 1.82) is 0 Å². The molecule has 1 fully saturated rings. The molecule has 1 heterocycles. The summed E-state index contributed by atoms with van der Waals surface area (Å²) >= 11 is 0. The summed E-state index contributed by atoms with van der Waals surface area (Å²) < 4.78 is 1.77. The van der Waals surface area contributed by atoms with Gasteiger partial charge >= 0.3 is 0 Å². The van der Waals surface area contributed by atoms with Gasteiger partial charge in [0.2, 0.25) is 5.95 Å². The van der Waals surface area contributed by atoms with Crippen molar-refractivity contribution < 1.29 is 0 Å². The molecule has 1 aromatic carbocycles. The van der Waals surface area contributed by atoms with Crippen LogP contribution in [-0.2, 0) is 0 Å². The molecular weight excluding hydrogens is 250 g/mol. The molecule has 5 heteroatoms. The smallest absolute Gasteiger partial charge is 0.247 e. The van der Waals surface area contributed by atoms with Crippen molar-refractivity contribution in [2.75, 3.05) is 5.32 Å². The van der Waals surface area contributed by atoms with Gasteiger partial charge in [-0.25, -0.2) is 0 Å². The highest BCUT2D eigenvalue weighted by atomic mass is 15.6. The fourth-order valence-electron chi connectivity index (χ4n) is 2.97. The van der Waals surface area contributed by atoms with Crippen LogP contribution in [0.5, 0.6) is 0 Å². The molecule has 2 aromatic rings. The van der Waals surface area contributed by atoms with Crippen LogP contribution >= 0.6 is 0 Å². The third-order valence-corrected chi connectivity index (χ3v) is 4.49. The third kappa shape index (κ3) is 2.53. The molecule has 1 aliphatic rings. The van der Waals surface area contributed by atoms with Crippen LogP contribution in [0.1, 0.15) is 33.1 Å². The van der Waals surface area contributed by atoms with Crippen molar-refractivity contribution in [1.82, 2.24) is 20.2 Å². The summed E-state index contributed by atoms with van der Waals surface area (Å²) in [5.74, 6) is 2.13. The summed E-state index contributed by atoms with van der Waals surface area (Å²) in [6.07, 6.45) is 3.78. The number of anilines is 1. The summed E-state index contributed by atoms with van der Waals surface area (Å²) in [6.45, 7) is 4.65. The zero-order chi connectivity index (χ0) is 13.9. The minimum atomic E-state index is 0.451. The van der Waals surface area contributed by atoms with Gasteiger partial charge < -0.3 is 5.32 Å². The van der Waals surface area contributed by atoms with E-state index in [4.69, 9.17) is 0 Å². The molecule has 20 heavy (non-hydrogen) atoms. The van der Waals surface area contributed by atoms with E-state index in [9.17, 15) is 0 Å². The number of hydrogen-bond donors (Lipinski definition) is 1. The normalized spacial score (nSPS) is 26.4. The molecule has 0 spiro atoms. The SMILES string of the molecule is C[C@@H]1[C@H](C)CCC[C@@H]1Nc1nnnn1-c1ccccc1. The number of rotatable bonds is 3. The molecule has 0 saturated heterocycles. The molecule has 0 unspecified atom stereocenters.